The van der Waals surface area contributed by atoms with Crippen LogP contribution in [0.3, 0.4) is 0 Å². The zero-order chi connectivity index (χ0) is 17.5. The molecule has 0 aromatic heterocycles. The summed E-state index contributed by atoms with van der Waals surface area (Å²) in [5, 5.41) is 13.4. The highest BCUT2D eigenvalue weighted by molar-refractivity contribution is 5.92. The van der Waals surface area contributed by atoms with Crippen LogP contribution in [0.15, 0.2) is 42.5 Å². The van der Waals surface area contributed by atoms with E-state index in [-0.39, 0.29) is 30.4 Å². The third-order valence-corrected chi connectivity index (χ3v) is 3.29. The van der Waals surface area contributed by atoms with Crippen molar-refractivity contribution < 1.29 is 19.2 Å². The van der Waals surface area contributed by atoms with E-state index < -0.39 is 4.92 Å². The highest BCUT2D eigenvalue weighted by Crippen LogP contribution is 2.29. The number of carbonyl (C=O) groups is 1. The van der Waals surface area contributed by atoms with Crippen molar-refractivity contribution in [3.63, 3.8) is 0 Å². The summed E-state index contributed by atoms with van der Waals surface area (Å²) in [5.41, 5.74) is 1.40. The van der Waals surface area contributed by atoms with Crippen molar-refractivity contribution in [1.82, 2.24) is 0 Å². The van der Waals surface area contributed by atoms with Gasteiger partial charge >= 0.3 is 0 Å². The molecule has 7 nitrogen and oxygen atoms in total. The van der Waals surface area contributed by atoms with Crippen LogP contribution in [0.1, 0.15) is 12.0 Å². The molecule has 2 rings (SSSR count). The zero-order valence-electron chi connectivity index (χ0n) is 13.4. The number of hydrogen-bond acceptors (Lipinski definition) is 5. The van der Waals surface area contributed by atoms with Gasteiger partial charge in [0.2, 0.25) is 5.91 Å². The molecule has 0 radical (unpaired) electrons. The van der Waals surface area contributed by atoms with Gasteiger partial charge in [-0.1, -0.05) is 17.7 Å². The van der Waals surface area contributed by atoms with Crippen LogP contribution in [0.25, 0.3) is 0 Å². The number of nitro benzene ring substituents is 1. The summed E-state index contributed by atoms with van der Waals surface area (Å²) in [6.45, 7) is 2.21. The second-order valence-corrected chi connectivity index (χ2v) is 5.10. The minimum Gasteiger partial charge on any atom is -0.494 e. The second-order valence-electron chi connectivity index (χ2n) is 5.10. The Morgan fingerprint density at radius 1 is 1.21 bits per heavy atom. The van der Waals surface area contributed by atoms with Crippen LogP contribution in [0.5, 0.6) is 11.5 Å². The van der Waals surface area contributed by atoms with Crippen molar-refractivity contribution in [1.29, 1.82) is 0 Å². The maximum absolute atomic E-state index is 12.0. The molecule has 0 heterocycles. The summed E-state index contributed by atoms with van der Waals surface area (Å²) < 4.78 is 10.6. The van der Waals surface area contributed by atoms with Crippen molar-refractivity contribution in [2.45, 2.75) is 13.3 Å². The Morgan fingerprint density at radius 2 is 1.92 bits per heavy atom. The number of nitrogens with zero attached hydrogens (tertiary/aromatic N) is 1. The van der Waals surface area contributed by atoms with Crippen LogP contribution in [0, 0.1) is 17.0 Å². The van der Waals surface area contributed by atoms with E-state index >= 15 is 0 Å². The first kappa shape index (κ1) is 17.3. The molecule has 0 saturated carbocycles. The first-order valence-electron chi connectivity index (χ1n) is 7.31. The van der Waals surface area contributed by atoms with Crippen molar-refractivity contribution in [3.05, 3.63) is 58.1 Å². The zero-order valence-corrected chi connectivity index (χ0v) is 13.4. The Balaban J connectivity index is 1.90. The van der Waals surface area contributed by atoms with Gasteiger partial charge in [-0.25, -0.2) is 0 Å². The van der Waals surface area contributed by atoms with Crippen molar-refractivity contribution in [3.8, 4) is 11.5 Å². The first-order valence-corrected chi connectivity index (χ1v) is 7.31. The van der Waals surface area contributed by atoms with Gasteiger partial charge in [-0.2, -0.15) is 0 Å². The van der Waals surface area contributed by atoms with Gasteiger partial charge < -0.3 is 14.8 Å². The van der Waals surface area contributed by atoms with Gasteiger partial charge in [-0.3, -0.25) is 14.9 Å². The summed E-state index contributed by atoms with van der Waals surface area (Å²) in [4.78, 5) is 22.2. The van der Waals surface area contributed by atoms with Crippen LogP contribution in [0.4, 0.5) is 11.4 Å². The molecule has 1 amide bonds. The number of hydrogen-bond donors (Lipinski definition) is 1. The molecule has 0 unspecified atom stereocenters. The quantitative estimate of drug-likeness (QED) is 0.621. The van der Waals surface area contributed by atoms with Gasteiger partial charge in [-0.15, -0.1) is 0 Å². The molecule has 2 aromatic rings. The number of ether oxygens (including phenoxy) is 2. The van der Waals surface area contributed by atoms with E-state index in [4.69, 9.17) is 9.47 Å². The fourth-order valence-electron chi connectivity index (χ4n) is 2.01. The van der Waals surface area contributed by atoms with E-state index in [0.29, 0.717) is 11.4 Å². The van der Waals surface area contributed by atoms with Gasteiger partial charge in [0.1, 0.15) is 11.5 Å². The molecule has 24 heavy (non-hydrogen) atoms. The third kappa shape index (κ3) is 4.70. The number of nitro groups is 1. The number of amides is 1. The van der Waals surface area contributed by atoms with Crippen LogP contribution in [0.2, 0.25) is 0 Å². The Labute approximate surface area is 139 Å². The van der Waals surface area contributed by atoms with Crippen molar-refractivity contribution in [2.75, 3.05) is 19.0 Å². The Morgan fingerprint density at radius 3 is 2.54 bits per heavy atom. The summed E-state index contributed by atoms with van der Waals surface area (Å²) in [7, 11) is 1.38. The third-order valence-electron chi connectivity index (χ3n) is 3.29. The fourth-order valence-corrected chi connectivity index (χ4v) is 2.01. The largest absolute Gasteiger partial charge is 0.494 e. The Bertz CT molecular complexity index is 728. The Kier molecular flexibility index (Phi) is 5.73. The molecule has 1 N–H and O–H groups in total. The predicted octanol–water partition coefficient (Wildman–Crippen LogP) is 3.32. The predicted molar refractivity (Wildman–Crippen MR) is 89.6 cm³/mol. The van der Waals surface area contributed by atoms with Gasteiger partial charge in [0.15, 0.2) is 0 Å². The van der Waals surface area contributed by atoms with Gasteiger partial charge in [0.05, 0.1) is 36.8 Å². The number of non-ortho nitro benzene ring substituents is 1. The number of rotatable bonds is 7. The van der Waals surface area contributed by atoms with E-state index in [0.717, 1.165) is 5.56 Å². The molecule has 2 aromatic carbocycles. The lowest BCUT2D eigenvalue weighted by atomic mass is 10.2. The van der Waals surface area contributed by atoms with E-state index in [1.54, 1.807) is 0 Å². The molecular formula is C17H18N2O5. The lowest BCUT2D eigenvalue weighted by Crippen LogP contribution is -2.15. The first-order chi connectivity index (χ1) is 11.5. The van der Waals surface area contributed by atoms with Crippen LogP contribution in [-0.2, 0) is 4.79 Å². The minimum atomic E-state index is -0.524. The highest BCUT2D eigenvalue weighted by Gasteiger charge is 2.13. The average Bonchev–Trinajstić information content (AvgIpc) is 2.56. The van der Waals surface area contributed by atoms with E-state index in [1.807, 2.05) is 31.2 Å². The molecule has 0 fully saturated rings. The fraction of sp³-hybridized carbons (Fsp3) is 0.235. The topological polar surface area (TPSA) is 90.7 Å². The molecule has 0 aliphatic rings. The van der Waals surface area contributed by atoms with Gasteiger partial charge in [-0.05, 0) is 25.1 Å². The summed E-state index contributed by atoms with van der Waals surface area (Å²) in [5.74, 6) is 0.660. The van der Waals surface area contributed by atoms with E-state index in [2.05, 4.69) is 5.32 Å². The molecule has 0 aliphatic heterocycles. The SMILES string of the molecule is COc1cc([N+](=O)[O-])ccc1NC(=O)CCOc1ccc(C)cc1. The minimum absolute atomic E-state index is 0.104. The maximum Gasteiger partial charge on any atom is 0.273 e. The molecule has 7 heteroatoms. The summed E-state index contributed by atoms with van der Waals surface area (Å²) in [6, 6.07) is 11.5. The molecule has 126 valence electrons. The summed E-state index contributed by atoms with van der Waals surface area (Å²) in [6.07, 6.45) is 0.147. The smallest absolute Gasteiger partial charge is 0.273 e. The van der Waals surface area contributed by atoms with Crippen molar-refractivity contribution in [2.24, 2.45) is 0 Å². The number of anilines is 1. The normalized spacial score (nSPS) is 10.1. The lowest BCUT2D eigenvalue weighted by Gasteiger charge is -2.10. The van der Waals surface area contributed by atoms with Gasteiger partial charge in [0.25, 0.3) is 5.69 Å². The summed E-state index contributed by atoms with van der Waals surface area (Å²) >= 11 is 0. The maximum atomic E-state index is 12.0. The van der Waals surface area contributed by atoms with Gasteiger partial charge in [0, 0.05) is 6.07 Å². The standard InChI is InChI=1S/C17H18N2O5/c1-12-3-6-14(7-4-12)24-10-9-17(20)18-15-8-5-13(19(21)22)11-16(15)23-2/h3-8,11H,9-10H2,1-2H3,(H,18,20). The number of methoxy groups -OCH3 is 1. The molecule has 0 atom stereocenters. The lowest BCUT2D eigenvalue weighted by molar-refractivity contribution is -0.384. The van der Waals surface area contributed by atoms with Crippen LogP contribution >= 0.6 is 0 Å². The number of aryl methyl sites for hydroxylation is 1. The van der Waals surface area contributed by atoms with Crippen LogP contribution < -0.4 is 14.8 Å². The molecule has 0 spiro atoms. The van der Waals surface area contributed by atoms with Crippen molar-refractivity contribution >= 4 is 17.3 Å². The van der Waals surface area contributed by atoms with Crippen LogP contribution in [-0.4, -0.2) is 24.5 Å². The molecule has 0 bridgehead atoms. The van der Waals surface area contributed by atoms with E-state index in [1.165, 1.54) is 25.3 Å². The number of nitrogens with one attached hydrogen (secondary N) is 1. The Hall–Kier alpha value is -3.09. The highest BCUT2D eigenvalue weighted by atomic mass is 16.6. The monoisotopic (exact) mass is 330 g/mol. The average molecular weight is 330 g/mol. The van der Waals surface area contributed by atoms with E-state index in [9.17, 15) is 14.9 Å². The molecular weight excluding hydrogens is 312 g/mol. The number of benzene rings is 2. The molecule has 0 aliphatic carbocycles. The molecule has 0 saturated heterocycles. The second kappa shape index (κ2) is 7.96. The number of carbonyl (C=O) groups excluding carboxylic acids is 1.